The molecule has 0 spiro atoms. The first-order chi connectivity index (χ1) is 9.07. The van der Waals surface area contributed by atoms with E-state index < -0.39 is 0 Å². The first-order valence-electron chi connectivity index (χ1n) is 7.09. The highest BCUT2D eigenvalue weighted by Gasteiger charge is 2.39. The van der Waals surface area contributed by atoms with Crippen molar-refractivity contribution in [1.29, 1.82) is 0 Å². The Hall–Kier alpha value is -1.39. The van der Waals surface area contributed by atoms with Gasteiger partial charge in [0.05, 0.1) is 0 Å². The zero-order valence-electron chi connectivity index (χ0n) is 11.9. The maximum absolute atomic E-state index is 12.0. The third-order valence-electron chi connectivity index (χ3n) is 3.62. The van der Waals surface area contributed by atoms with Crippen LogP contribution in [0.3, 0.4) is 0 Å². The molecule has 108 valence electrons. The number of rotatable bonds is 9. The van der Waals surface area contributed by atoms with Gasteiger partial charge in [0.1, 0.15) is 0 Å². The number of hydrogen-bond acceptors (Lipinski definition) is 3. The Bertz CT molecular complexity index is 329. The number of nitrogens with zero attached hydrogens (tertiary/aromatic N) is 1. The van der Waals surface area contributed by atoms with Gasteiger partial charge in [-0.1, -0.05) is 26.7 Å². The molecule has 0 aromatic heterocycles. The molecule has 0 aromatic carbocycles. The van der Waals surface area contributed by atoms with E-state index in [-0.39, 0.29) is 23.7 Å². The zero-order valence-corrected chi connectivity index (χ0v) is 11.9. The predicted molar refractivity (Wildman–Crippen MR) is 72.2 cm³/mol. The lowest BCUT2D eigenvalue weighted by Crippen LogP contribution is -2.32. The lowest BCUT2D eigenvalue weighted by Gasteiger charge is -2.16. The first-order valence-corrected chi connectivity index (χ1v) is 7.09. The minimum Gasteiger partial charge on any atom is -0.359 e. The molecule has 5 heteroatoms. The number of nitrogens with one attached hydrogen (secondary N) is 1. The third kappa shape index (κ3) is 4.65. The molecule has 0 radical (unpaired) electrons. The molecule has 1 saturated heterocycles. The fraction of sp³-hybridized carbons (Fsp3) is 0.786. The monoisotopic (exact) mass is 268 g/mol. The topological polar surface area (TPSA) is 66.5 Å². The molecule has 0 aliphatic carbocycles. The molecular weight excluding hydrogens is 244 g/mol. The van der Waals surface area contributed by atoms with Gasteiger partial charge in [0.25, 0.3) is 0 Å². The Morgan fingerprint density at radius 1 is 1.26 bits per heavy atom. The van der Waals surface area contributed by atoms with E-state index in [9.17, 15) is 14.4 Å². The molecule has 0 saturated carbocycles. The second kappa shape index (κ2) is 7.92. The highest BCUT2D eigenvalue weighted by Crippen LogP contribution is 2.26. The Morgan fingerprint density at radius 2 is 1.95 bits per heavy atom. The summed E-state index contributed by atoms with van der Waals surface area (Å²) in [7, 11) is 0. The second-order valence-electron chi connectivity index (χ2n) is 5.42. The summed E-state index contributed by atoms with van der Waals surface area (Å²) in [5.41, 5.74) is 0. The highest BCUT2D eigenvalue weighted by molar-refractivity contribution is 6.03. The van der Waals surface area contributed by atoms with Crippen molar-refractivity contribution >= 4 is 18.2 Å². The molecule has 1 rings (SSSR count). The molecule has 1 fully saturated rings. The maximum Gasteiger partial charge on any atom is 0.233 e. The van der Waals surface area contributed by atoms with E-state index in [4.69, 9.17) is 0 Å². The summed E-state index contributed by atoms with van der Waals surface area (Å²) in [5, 5.41) is 2.61. The van der Waals surface area contributed by atoms with Gasteiger partial charge in [0.15, 0.2) is 0 Å². The van der Waals surface area contributed by atoms with Gasteiger partial charge in [-0.3, -0.25) is 19.3 Å². The van der Waals surface area contributed by atoms with E-state index in [0.29, 0.717) is 25.9 Å². The minimum atomic E-state index is -0.121. The van der Waals surface area contributed by atoms with E-state index in [2.05, 4.69) is 5.32 Å². The summed E-state index contributed by atoms with van der Waals surface area (Å²) in [6, 6.07) is 0. The van der Waals surface area contributed by atoms with E-state index in [1.54, 1.807) is 0 Å². The molecule has 0 bridgehead atoms. The standard InChI is InChI=1S/C14H24N2O3/c1-11(2)12-9-13(18)16(14(12)19)8-6-4-3-5-7-15-10-17/h10-12H,3-9H2,1-2H3,(H,15,17). The fourth-order valence-corrected chi connectivity index (χ4v) is 2.37. The minimum absolute atomic E-state index is 0.00243. The molecule has 19 heavy (non-hydrogen) atoms. The van der Waals surface area contributed by atoms with Crippen LogP contribution in [0, 0.1) is 11.8 Å². The predicted octanol–water partition coefficient (Wildman–Crippen LogP) is 1.32. The van der Waals surface area contributed by atoms with Crippen LogP contribution in [0.25, 0.3) is 0 Å². The lowest BCUT2D eigenvalue weighted by atomic mass is 9.94. The van der Waals surface area contributed by atoms with Crippen molar-refractivity contribution in [2.75, 3.05) is 13.1 Å². The number of imide groups is 1. The van der Waals surface area contributed by atoms with Crippen molar-refractivity contribution in [3.05, 3.63) is 0 Å². The van der Waals surface area contributed by atoms with E-state index >= 15 is 0 Å². The van der Waals surface area contributed by atoms with Gasteiger partial charge in [-0.05, 0) is 18.8 Å². The van der Waals surface area contributed by atoms with Crippen molar-refractivity contribution in [3.63, 3.8) is 0 Å². The number of carbonyl (C=O) groups excluding carboxylic acids is 3. The number of hydrogen-bond donors (Lipinski definition) is 1. The summed E-state index contributed by atoms with van der Waals surface area (Å²) >= 11 is 0. The van der Waals surface area contributed by atoms with Crippen LogP contribution in [0.5, 0.6) is 0 Å². The van der Waals surface area contributed by atoms with Crippen molar-refractivity contribution < 1.29 is 14.4 Å². The Labute approximate surface area is 114 Å². The highest BCUT2D eigenvalue weighted by atomic mass is 16.2. The molecule has 1 heterocycles. The third-order valence-corrected chi connectivity index (χ3v) is 3.62. The average Bonchev–Trinajstić information content (AvgIpc) is 2.65. The van der Waals surface area contributed by atoms with Crippen LogP contribution in [0.4, 0.5) is 0 Å². The van der Waals surface area contributed by atoms with Gasteiger partial charge in [-0.15, -0.1) is 0 Å². The second-order valence-corrected chi connectivity index (χ2v) is 5.42. The van der Waals surface area contributed by atoms with Crippen LogP contribution < -0.4 is 5.32 Å². The van der Waals surface area contributed by atoms with Gasteiger partial charge >= 0.3 is 0 Å². The fourth-order valence-electron chi connectivity index (χ4n) is 2.37. The molecule has 1 aliphatic heterocycles. The van der Waals surface area contributed by atoms with Crippen molar-refractivity contribution in [2.45, 2.75) is 46.0 Å². The van der Waals surface area contributed by atoms with E-state index in [1.807, 2.05) is 13.8 Å². The van der Waals surface area contributed by atoms with E-state index in [1.165, 1.54) is 4.90 Å². The van der Waals surface area contributed by atoms with Crippen molar-refractivity contribution in [3.8, 4) is 0 Å². The summed E-state index contributed by atoms with van der Waals surface area (Å²) in [6.45, 7) is 5.21. The first kappa shape index (κ1) is 15.7. The molecule has 1 unspecified atom stereocenters. The normalized spacial score (nSPS) is 19.3. The van der Waals surface area contributed by atoms with Crippen LogP contribution in [-0.4, -0.2) is 36.2 Å². The van der Waals surface area contributed by atoms with Gasteiger partial charge in [-0.25, -0.2) is 0 Å². The summed E-state index contributed by atoms with van der Waals surface area (Å²) in [6.07, 6.45) is 4.85. The quantitative estimate of drug-likeness (QED) is 0.390. The smallest absolute Gasteiger partial charge is 0.233 e. The van der Waals surface area contributed by atoms with Crippen LogP contribution in [0.1, 0.15) is 46.0 Å². The van der Waals surface area contributed by atoms with Gasteiger partial charge < -0.3 is 5.32 Å². The Morgan fingerprint density at radius 3 is 2.53 bits per heavy atom. The average molecular weight is 268 g/mol. The molecule has 5 nitrogen and oxygen atoms in total. The van der Waals surface area contributed by atoms with Crippen molar-refractivity contribution in [2.24, 2.45) is 11.8 Å². The Balaban J connectivity index is 2.20. The molecular formula is C14H24N2O3. The van der Waals surface area contributed by atoms with Gasteiger partial charge in [-0.2, -0.15) is 0 Å². The van der Waals surface area contributed by atoms with Gasteiger partial charge in [0.2, 0.25) is 18.2 Å². The lowest BCUT2D eigenvalue weighted by molar-refractivity contribution is -0.139. The molecule has 1 N–H and O–H groups in total. The van der Waals surface area contributed by atoms with Crippen LogP contribution in [0.2, 0.25) is 0 Å². The number of amides is 3. The number of likely N-dealkylation sites (tertiary alicyclic amines) is 1. The SMILES string of the molecule is CC(C)C1CC(=O)N(CCCCCCNC=O)C1=O. The molecule has 0 aromatic rings. The number of carbonyl (C=O) groups is 3. The maximum atomic E-state index is 12.0. The largest absolute Gasteiger partial charge is 0.359 e. The van der Waals surface area contributed by atoms with Gasteiger partial charge in [0, 0.05) is 25.4 Å². The molecule has 1 atom stereocenters. The van der Waals surface area contributed by atoms with E-state index in [0.717, 1.165) is 25.7 Å². The summed E-state index contributed by atoms with van der Waals surface area (Å²) in [4.78, 5) is 35.2. The zero-order chi connectivity index (χ0) is 14.3. The van der Waals surface area contributed by atoms with Crippen molar-refractivity contribution in [1.82, 2.24) is 10.2 Å². The summed E-state index contributed by atoms with van der Waals surface area (Å²) < 4.78 is 0. The van der Waals surface area contributed by atoms with Crippen LogP contribution >= 0.6 is 0 Å². The molecule has 1 aliphatic rings. The molecule has 3 amide bonds. The van der Waals surface area contributed by atoms with Crippen LogP contribution in [0.15, 0.2) is 0 Å². The Kier molecular flexibility index (Phi) is 6.53. The summed E-state index contributed by atoms with van der Waals surface area (Å²) in [5.74, 6) is 0.0918. The number of unbranched alkanes of at least 4 members (excludes halogenated alkanes) is 3. The van der Waals surface area contributed by atoms with Crippen LogP contribution in [-0.2, 0) is 14.4 Å².